The molecule has 0 aliphatic rings. The molecule has 0 spiro atoms. The number of hydrogen-bond acceptors (Lipinski definition) is 2. The van der Waals surface area contributed by atoms with Crippen LogP contribution in [-0.2, 0) is 6.54 Å². The van der Waals surface area contributed by atoms with E-state index in [1.54, 1.807) is 23.9 Å². The van der Waals surface area contributed by atoms with Crippen molar-refractivity contribution in [3.63, 3.8) is 0 Å². The predicted octanol–water partition coefficient (Wildman–Crippen LogP) is 5.98. The second kappa shape index (κ2) is 6.76. The molecule has 0 heterocycles. The summed E-state index contributed by atoms with van der Waals surface area (Å²) < 4.78 is 0. The van der Waals surface area contributed by atoms with Crippen LogP contribution in [0.1, 0.15) is 5.56 Å². The molecule has 0 fully saturated rings. The molecule has 1 N–H and O–H groups in total. The Morgan fingerprint density at radius 2 is 1.58 bits per heavy atom. The highest BCUT2D eigenvalue weighted by Gasteiger charge is 2.05. The summed E-state index contributed by atoms with van der Waals surface area (Å²) >= 11 is 19.7. The first-order valence-electron chi connectivity index (χ1n) is 5.61. The Kier molecular flexibility index (Phi) is 5.28. The number of rotatable bonds is 4. The Morgan fingerprint density at radius 3 is 2.21 bits per heavy atom. The van der Waals surface area contributed by atoms with Gasteiger partial charge in [-0.25, -0.2) is 0 Å². The minimum atomic E-state index is 0.460. The molecular weight excluding hydrogens is 321 g/mol. The lowest BCUT2D eigenvalue weighted by atomic mass is 10.2. The molecule has 2 aromatic rings. The van der Waals surface area contributed by atoms with E-state index in [9.17, 15) is 0 Å². The fourth-order valence-electron chi connectivity index (χ4n) is 1.60. The number of halogens is 3. The monoisotopic (exact) mass is 331 g/mol. The van der Waals surface area contributed by atoms with E-state index in [4.69, 9.17) is 34.8 Å². The van der Waals surface area contributed by atoms with Crippen LogP contribution >= 0.6 is 46.6 Å². The fraction of sp³-hybridized carbons (Fsp3) is 0.143. The maximum atomic E-state index is 6.11. The third-order valence-corrected chi connectivity index (χ3v) is 4.43. The van der Waals surface area contributed by atoms with Gasteiger partial charge in [-0.3, -0.25) is 0 Å². The van der Waals surface area contributed by atoms with Gasteiger partial charge in [0, 0.05) is 11.4 Å². The molecule has 100 valence electrons. The first kappa shape index (κ1) is 14.9. The zero-order valence-corrected chi connectivity index (χ0v) is 13.3. The maximum Gasteiger partial charge on any atom is 0.0653 e. The third-order valence-electron chi connectivity index (χ3n) is 2.65. The Labute approximate surface area is 132 Å². The van der Waals surface area contributed by atoms with E-state index in [1.165, 1.54) is 10.5 Å². The van der Waals surface area contributed by atoms with Crippen molar-refractivity contribution in [1.82, 2.24) is 0 Å². The molecule has 0 atom stereocenters. The summed E-state index contributed by atoms with van der Waals surface area (Å²) in [6.07, 6.45) is 2.06. The normalized spacial score (nSPS) is 10.5. The minimum absolute atomic E-state index is 0.460. The lowest BCUT2D eigenvalue weighted by Gasteiger charge is -2.10. The van der Waals surface area contributed by atoms with Crippen LogP contribution in [0.3, 0.4) is 0 Å². The molecule has 2 aromatic carbocycles. The maximum absolute atomic E-state index is 6.11. The van der Waals surface area contributed by atoms with Crippen molar-refractivity contribution in [1.29, 1.82) is 0 Å². The summed E-state index contributed by atoms with van der Waals surface area (Å²) in [6.45, 7) is 0.687. The lowest BCUT2D eigenvalue weighted by Crippen LogP contribution is -2.00. The van der Waals surface area contributed by atoms with Crippen LogP contribution in [-0.4, -0.2) is 6.26 Å². The number of nitrogens with one attached hydrogen (secondary N) is 1. The van der Waals surface area contributed by atoms with E-state index in [1.807, 2.05) is 0 Å². The van der Waals surface area contributed by atoms with Gasteiger partial charge >= 0.3 is 0 Å². The van der Waals surface area contributed by atoms with Crippen molar-refractivity contribution in [2.45, 2.75) is 11.4 Å². The first-order valence-corrected chi connectivity index (χ1v) is 7.97. The largest absolute Gasteiger partial charge is 0.380 e. The lowest BCUT2D eigenvalue weighted by molar-refractivity contribution is 1.14. The molecule has 0 aliphatic carbocycles. The fourth-order valence-corrected chi connectivity index (χ4v) is 2.62. The second-order valence-electron chi connectivity index (χ2n) is 3.95. The van der Waals surface area contributed by atoms with Crippen molar-refractivity contribution in [3.05, 3.63) is 57.0 Å². The Balaban J connectivity index is 2.07. The average Bonchev–Trinajstić information content (AvgIpc) is 2.42. The van der Waals surface area contributed by atoms with Gasteiger partial charge in [-0.05, 0) is 36.1 Å². The van der Waals surface area contributed by atoms with Gasteiger partial charge in [0.25, 0.3) is 0 Å². The van der Waals surface area contributed by atoms with Crippen LogP contribution < -0.4 is 5.32 Å². The molecule has 0 saturated carbocycles. The molecule has 0 bridgehead atoms. The highest BCUT2D eigenvalue weighted by molar-refractivity contribution is 7.98. The first-order chi connectivity index (χ1) is 9.10. The van der Waals surface area contributed by atoms with Crippen LogP contribution in [0.4, 0.5) is 5.69 Å². The summed E-state index contributed by atoms with van der Waals surface area (Å²) in [5, 5.41) is 4.77. The molecule has 0 aliphatic heterocycles. The minimum Gasteiger partial charge on any atom is -0.380 e. The van der Waals surface area contributed by atoms with E-state index < -0.39 is 0 Å². The predicted molar refractivity (Wildman–Crippen MR) is 87.0 cm³/mol. The van der Waals surface area contributed by atoms with Crippen molar-refractivity contribution in [2.24, 2.45) is 0 Å². The number of benzene rings is 2. The molecule has 2 rings (SSSR count). The molecule has 0 saturated heterocycles. The molecule has 1 nitrogen and oxygen atoms in total. The SMILES string of the molecule is CSc1ccc(CNc2cc(Cl)c(Cl)cc2Cl)cc1. The van der Waals surface area contributed by atoms with Gasteiger partial charge in [-0.15, -0.1) is 11.8 Å². The van der Waals surface area contributed by atoms with Crippen LogP contribution in [0, 0.1) is 0 Å². The van der Waals surface area contributed by atoms with E-state index in [-0.39, 0.29) is 0 Å². The van der Waals surface area contributed by atoms with Gasteiger partial charge in [0.1, 0.15) is 0 Å². The zero-order valence-electron chi connectivity index (χ0n) is 10.2. The van der Waals surface area contributed by atoms with Crippen molar-refractivity contribution in [2.75, 3.05) is 11.6 Å². The van der Waals surface area contributed by atoms with Crippen LogP contribution in [0.15, 0.2) is 41.3 Å². The number of anilines is 1. The van der Waals surface area contributed by atoms with Gasteiger partial charge in [-0.2, -0.15) is 0 Å². The number of thioether (sulfide) groups is 1. The topological polar surface area (TPSA) is 12.0 Å². The van der Waals surface area contributed by atoms with E-state index >= 15 is 0 Å². The summed E-state index contributed by atoms with van der Waals surface area (Å²) in [6, 6.07) is 11.7. The number of hydrogen-bond donors (Lipinski definition) is 1. The smallest absolute Gasteiger partial charge is 0.0653 e. The Morgan fingerprint density at radius 1 is 0.947 bits per heavy atom. The zero-order chi connectivity index (χ0) is 13.8. The van der Waals surface area contributed by atoms with Crippen molar-refractivity contribution in [3.8, 4) is 0 Å². The highest BCUT2D eigenvalue weighted by atomic mass is 35.5. The second-order valence-corrected chi connectivity index (χ2v) is 6.05. The van der Waals surface area contributed by atoms with Crippen LogP contribution in [0.5, 0.6) is 0 Å². The molecule has 5 heteroatoms. The highest BCUT2D eigenvalue weighted by Crippen LogP contribution is 2.32. The summed E-state index contributed by atoms with van der Waals surface area (Å²) in [5.74, 6) is 0. The van der Waals surface area contributed by atoms with Gasteiger partial charge in [-0.1, -0.05) is 46.9 Å². The van der Waals surface area contributed by atoms with Gasteiger partial charge in [0.15, 0.2) is 0 Å². The summed E-state index contributed by atoms with van der Waals surface area (Å²) in [4.78, 5) is 1.25. The molecule has 0 radical (unpaired) electrons. The molecule has 0 unspecified atom stereocenters. The average molecular weight is 333 g/mol. The molecule has 19 heavy (non-hydrogen) atoms. The Bertz CT molecular complexity index is 570. The molecular formula is C14H12Cl3NS. The summed E-state index contributed by atoms with van der Waals surface area (Å²) in [7, 11) is 0. The van der Waals surface area contributed by atoms with E-state index in [2.05, 4.69) is 35.8 Å². The van der Waals surface area contributed by atoms with Gasteiger partial charge in [0.2, 0.25) is 0 Å². The standard InChI is InChI=1S/C14H12Cl3NS/c1-19-10-4-2-9(3-5-10)8-18-14-7-12(16)11(15)6-13(14)17/h2-7,18H,8H2,1H3. The van der Waals surface area contributed by atoms with E-state index in [0.717, 1.165) is 5.69 Å². The van der Waals surface area contributed by atoms with Gasteiger partial charge < -0.3 is 5.32 Å². The van der Waals surface area contributed by atoms with Crippen molar-refractivity contribution < 1.29 is 0 Å². The molecule has 0 aromatic heterocycles. The van der Waals surface area contributed by atoms with Crippen LogP contribution in [0.25, 0.3) is 0 Å². The third kappa shape index (κ3) is 3.96. The van der Waals surface area contributed by atoms with Gasteiger partial charge in [0.05, 0.1) is 20.8 Å². The Hall–Kier alpha value is -0.540. The quantitative estimate of drug-likeness (QED) is 0.546. The van der Waals surface area contributed by atoms with Crippen molar-refractivity contribution >= 4 is 52.3 Å². The summed E-state index contributed by atoms with van der Waals surface area (Å²) in [5.41, 5.74) is 1.96. The molecule has 0 amide bonds. The van der Waals surface area contributed by atoms with Crippen LogP contribution in [0.2, 0.25) is 15.1 Å². The van der Waals surface area contributed by atoms with E-state index in [0.29, 0.717) is 21.6 Å².